The van der Waals surface area contributed by atoms with E-state index in [0.29, 0.717) is 11.1 Å². The summed E-state index contributed by atoms with van der Waals surface area (Å²) in [6.45, 7) is 11.4. The number of sulfonamides is 1. The van der Waals surface area contributed by atoms with Crippen LogP contribution in [0.1, 0.15) is 48.2 Å². The fourth-order valence-electron chi connectivity index (χ4n) is 3.56. The maximum atomic E-state index is 13.2. The molecule has 0 aliphatic carbocycles. The Morgan fingerprint density at radius 1 is 1.17 bits per heavy atom. The van der Waals surface area contributed by atoms with Gasteiger partial charge >= 0.3 is 0 Å². The molecule has 0 fully saturated rings. The van der Waals surface area contributed by atoms with Gasteiger partial charge in [0.1, 0.15) is 11.4 Å². The van der Waals surface area contributed by atoms with Crippen LogP contribution in [0.2, 0.25) is 0 Å². The first-order valence-corrected chi connectivity index (χ1v) is 11.3. The van der Waals surface area contributed by atoms with Crippen LogP contribution in [-0.2, 0) is 16.4 Å². The van der Waals surface area contributed by atoms with Crippen LogP contribution in [0.5, 0.6) is 5.75 Å². The summed E-state index contributed by atoms with van der Waals surface area (Å²) in [5.41, 5.74) is 3.59. The van der Waals surface area contributed by atoms with Crippen LogP contribution >= 0.6 is 12.2 Å². The van der Waals surface area contributed by atoms with Gasteiger partial charge < -0.3 is 10.1 Å². The summed E-state index contributed by atoms with van der Waals surface area (Å²) >= 11 is 5.19. The van der Waals surface area contributed by atoms with Gasteiger partial charge in [-0.05, 0) is 94.9 Å². The van der Waals surface area contributed by atoms with Gasteiger partial charge in [0.05, 0.1) is 4.90 Å². The smallest absolute Gasteiger partial charge is 0.264 e. The van der Waals surface area contributed by atoms with Crippen molar-refractivity contribution >= 4 is 33.3 Å². The monoisotopic (exact) mass is 434 g/mol. The van der Waals surface area contributed by atoms with E-state index in [1.165, 1.54) is 0 Å². The Morgan fingerprint density at radius 2 is 1.86 bits per heavy atom. The van der Waals surface area contributed by atoms with E-state index in [-0.39, 0.29) is 21.6 Å². The highest BCUT2D eigenvalue weighted by Crippen LogP contribution is 2.42. The lowest BCUT2D eigenvalue weighted by Gasteiger charge is -2.35. The number of hydrogen-bond acceptors (Lipinski definition) is 6. The number of aryl methyl sites for hydroxylation is 1. The number of aromatic nitrogens is 2. The molecule has 156 valence electrons. The van der Waals surface area contributed by atoms with Crippen LogP contribution in [0.4, 0.5) is 5.95 Å². The van der Waals surface area contributed by atoms with Crippen LogP contribution in [0, 0.1) is 27.7 Å². The Labute approximate surface area is 177 Å². The van der Waals surface area contributed by atoms with Crippen molar-refractivity contribution < 1.29 is 13.2 Å². The van der Waals surface area contributed by atoms with Crippen molar-refractivity contribution in [1.82, 2.24) is 14.7 Å². The van der Waals surface area contributed by atoms with E-state index in [9.17, 15) is 8.42 Å². The average Bonchev–Trinajstić information content (AvgIpc) is 2.58. The van der Waals surface area contributed by atoms with E-state index in [1.54, 1.807) is 19.2 Å². The molecular formula is C20H26N4O3S2. The Kier molecular flexibility index (Phi) is 5.57. The molecule has 0 amide bonds. The highest BCUT2D eigenvalue weighted by atomic mass is 32.2. The van der Waals surface area contributed by atoms with Gasteiger partial charge in [0, 0.05) is 11.9 Å². The molecule has 0 spiro atoms. The zero-order chi connectivity index (χ0) is 21.6. The van der Waals surface area contributed by atoms with Gasteiger partial charge in [-0.2, -0.15) is 0 Å². The summed E-state index contributed by atoms with van der Waals surface area (Å²) in [5, 5.41) is 2.65. The second kappa shape index (κ2) is 7.53. The first-order valence-electron chi connectivity index (χ1n) is 9.36. The molecule has 0 radical (unpaired) electrons. The normalized spacial score (nSPS) is 15.2. The van der Waals surface area contributed by atoms with Crippen molar-refractivity contribution in [2.75, 3.05) is 5.32 Å². The van der Waals surface area contributed by atoms with Crippen LogP contribution in [-0.4, -0.2) is 29.1 Å². The molecule has 1 aromatic carbocycles. The zero-order valence-electron chi connectivity index (χ0n) is 17.5. The lowest BCUT2D eigenvalue weighted by Crippen LogP contribution is -2.37. The third-order valence-electron chi connectivity index (χ3n) is 5.18. The average molecular weight is 435 g/mol. The lowest BCUT2D eigenvalue weighted by atomic mass is 9.88. The predicted molar refractivity (Wildman–Crippen MR) is 117 cm³/mol. The summed E-state index contributed by atoms with van der Waals surface area (Å²) < 4.78 is 35.0. The molecule has 1 aliphatic rings. The Morgan fingerprint density at radius 3 is 2.52 bits per heavy atom. The van der Waals surface area contributed by atoms with E-state index < -0.39 is 10.0 Å². The molecule has 0 saturated heterocycles. The molecule has 0 unspecified atom stereocenters. The van der Waals surface area contributed by atoms with Gasteiger partial charge in [-0.1, -0.05) is 0 Å². The fraction of sp³-hybridized carbons (Fsp3) is 0.450. The molecule has 1 aromatic heterocycles. The molecule has 9 heteroatoms. The summed E-state index contributed by atoms with van der Waals surface area (Å²) in [5.74, 6) is 1.03. The van der Waals surface area contributed by atoms with Gasteiger partial charge in [0.25, 0.3) is 10.0 Å². The lowest BCUT2D eigenvalue weighted by molar-refractivity contribution is 0.0832. The maximum absolute atomic E-state index is 13.2. The molecule has 29 heavy (non-hydrogen) atoms. The summed E-state index contributed by atoms with van der Waals surface area (Å²) in [6, 6.07) is 1.74. The number of nitrogens with zero attached hydrogens (tertiary/aromatic N) is 2. The van der Waals surface area contributed by atoms with Crippen molar-refractivity contribution in [2.24, 2.45) is 0 Å². The Balaban J connectivity index is 1.95. The highest BCUT2D eigenvalue weighted by Gasteiger charge is 2.33. The number of nitrogens with one attached hydrogen (secondary N) is 2. The largest absolute Gasteiger partial charge is 0.487 e. The van der Waals surface area contributed by atoms with Gasteiger partial charge in [-0.15, -0.1) is 0 Å². The summed E-state index contributed by atoms with van der Waals surface area (Å²) in [6.07, 6.45) is 3.16. The number of hydrogen-bond donors (Lipinski definition) is 2. The van der Waals surface area contributed by atoms with E-state index in [4.69, 9.17) is 17.0 Å². The summed E-state index contributed by atoms with van der Waals surface area (Å²) in [4.78, 5) is 8.46. The number of anilines is 1. The predicted octanol–water partition coefficient (Wildman–Crippen LogP) is 3.49. The van der Waals surface area contributed by atoms with Gasteiger partial charge in [0.2, 0.25) is 5.95 Å². The van der Waals surface area contributed by atoms with Crippen molar-refractivity contribution in [3.05, 3.63) is 40.2 Å². The molecule has 2 heterocycles. The van der Waals surface area contributed by atoms with Gasteiger partial charge in [0.15, 0.2) is 5.11 Å². The molecule has 1 aliphatic heterocycles. The van der Waals surface area contributed by atoms with Crippen LogP contribution < -0.4 is 14.8 Å². The molecule has 3 rings (SSSR count). The molecule has 0 saturated carbocycles. The molecule has 2 aromatic rings. The third kappa shape index (κ3) is 4.35. The van der Waals surface area contributed by atoms with Crippen LogP contribution in [0.25, 0.3) is 0 Å². The SMILES string of the molecule is Cc1ccnc(NC(=S)NS(=O)(=O)c2c(C)c(C)c3c(c2C)CCC(C)(C)O3)n1. The summed E-state index contributed by atoms with van der Waals surface area (Å²) in [7, 11) is -3.90. The minimum atomic E-state index is -3.90. The molecule has 2 N–H and O–H groups in total. The second-order valence-corrected chi connectivity index (χ2v) is 9.98. The maximum Gasteiger partial charge on any atom is 0.264 e. The first-order chi connectivity index (χ1) is 13.4. The van der Waals surface area contributed by atoms with Crippen molar-refractivity contribution in [3.8, 4) is 5.75 Å². The number of ether oxygens (including phenoxy) is 1. The minimum absolute atomic E-state index is 0.0813. The molecule has 0 atom stereocenters. The standard InChI is InChI=1S/C20H26N4O3S2/c1-11-8-10-21-18(22-11)23-19(28)24-29(25,26)17-13(3)12(2)16-15(14(17)4)7-9-20(5,6)27-16/h8,10H,7,9H2,1-6H3,(H2,21,22,23,24,28). The fourth-order valence-corrected chi connectivity index (χ4v) is 5.46. The highest BCUT2D eigenvalue weighted by molar-refractivity contribution is 7.92. The van der Waals surface area contributed by atoms with E-state index in [0.717, 1.165) is 35.4 Å². The zero-order valence-corrected chi connectivity index (χ0v) is 19.1. The van der Waals surface area contributed by atoms with Gasteiger partial charge in [-0.3, -0.25) is 4.72 Å². The molecular weight excluding hydrogens is 408 g/mol. The Bertz CT molecular complexity index is 1100. The number of fused-ring (bicyclic) bond motifs is 1. The van der Waals surface area contributed by atoms with Crippen molar-refractivity contribution in [1.29, 1.82) is 0 Å². The number of benzene rings is 1. The van der Waals surface area contributed by atoms with Crippen molar-refractivity contribution in [3.63, 3.8) is 0 Å². The molecule has 7 nitrogen and oxygen atoms in total. The third-order valence-corrected chi connectivity index (χ3v) is 7.14. The molecule has 0 bridgehead atoms. The van der Waals surface area contributed by atoms with Gasteiger partial charge in [-0.25, -0.2) is 18.4 Å². The van der Waals surface area contributed by atoms with E-state index in [2.05, 4.69) is 20.0 Å². The second-order valence-electron chi connectivity index (χ2n) is 7.95. The van der Waals surface area contributed by atoms with E-state index >= 15 is 0 Å². The topological polar surface area (TPSA) is 93.2 Å². The Hall–Kier alpha value is -2.26. The van der Waals surface area contributed by atoms with Crippen molar-refractivity contribution in [2.45, 2.75) is 64.9 Å². The van der Waals surface area contributed by atoms with Crippen LogP contribution in [0.3, 0.4) is 0 Å². The quantitative estimate of drug-likeness (QED) is 0.714. The van der Waals surface area contributed by atoms with Crippen LogP contribution in [0.15, 0.2) is 17.2 Å². The number of thiocarbonyl (C=S) groups is 1. The van der Waals surface area contributed by atoms with E-state index in [1.807, 2.05) is 34.6 Å². The first kappa shape index (κ1) is 21.4. The number of rotatable bonds is 3. The minimum Gasteiger partial charge on any atom is -0.487 e.